The standard InChI is InChI=1S/C13H13BrN2O/c1-9-5-13(10(7-15)8-16-9)17-12-4-2-3-11(14)6-12/h2-6,8H,7,15H2,1H3. The topological polar surface area (TPSA) is 48.1 Å². The van der Waals surface area contributed by atoms with E-state index in [1.54, 1.807) is 6.20 Å². The van der Waals surface area contributed by atoms with E-state index in [1.807, 2.05) is 37.3 Å². The molecule has 0 saturated heterocycles. The molecule has 0 aliphatic carbocycles. The molecule has 2 aromatic rings. The van der Waals surface area contributed by atoms with Crippen LogP contribution in [0.4, 0.5) is 0 Å². The Balaban J connectivity index is 2.32. The Morgan fingerprint density at radius 1 is 1.35 bits per heavy atom. The minimum atomic E-state index is 0.413. The summed E-state index contributed by atoms with van der Waals surface area (Å²) >= 11 is 3.41. The van der Waals surface area contributed by atoms with E-state index in [2.05, 4.69) is 20.9 Å². The monoisotopic (exact) mass is 292 g/mol. The zero-order valence-corrected chi connectivity index (χ0v) is 11.1. The van der Waals surface area contributed by atoms with Crippen LogP contribution in [0.1, 0.15) is 11.3 Å². The minimum absolute atomic E-state index is 0.413. The van der Waals surface area contributed by atoms with Crippen LogP contribution in [-0.4, -0.2) is 4.98 Å². The number of aromatic nitrogens is 1. The van der Waals surface area contributed by atoms with Crippen LogP contribution < -0.4 is 10.5 Å². The van der Waals surface area contributed by atoms with Gasteiger partial charge in [0.15, 0.2) is 0 Å². The van der Waals surface area contributed by atoms with Gasteiger partial charge in [0.1, 0.15) is 11.5 Å². The highest BCUT2D eigenvalue weighted by molar-refractivity contribution is 9.10. The van der Waals surface area contributed by atoms with Crippen LogP contribution in [0, 0.1) is 6.92 Å². The molecule has 0 fully saturated rings. The number of hydrogen-bond acceptors (Lipinski definition) is 3. The molecule has 0 bridgehead atoms. The smallest absolute Gasteiger partial charge is 0.135 e. The summed E-state index contributed by atoms with van der Waals surface area (Å²) in [5.41, 5.74) is 7.46. The maximum atomic E-state index is 5.81. The second kappa shape index (κ2) is 5.29. The summed E-state index contributed by atoms with van der Waals surface area (Å²) in [6, 6.07) is 9.59. The van der Waals surface area contributed by atoms with Gasteiger partial charge in [0.2, 0.25) is 0 Å². The second-order valence-corrected chi connectivity index (χ2v) is 4.61. The van der Waals surface area contributed by atoms with E-state index in [1.165, 1.54) is 0 Å². The lowest BCUT2D eigenvalue weighted by molar-refractivity contribution is 0.474. The molecule has 0 spiro atoms. The van der Waals surface area contributed by atoms with Crippen molar-refractivity contribution in [1.82, 2.24) is 4.98 Å². The number of rotatable bonds is 3. The molecule has 1 aromatic carbocycles. The van der Waals surface area contributed by atoms with Crippen molar-refractivity contribution in [2.45, 2.75) is 13.5 Å². The molecule has 0 aliphatic rings. The average Bonchev–Trinajstić information content (AvgIpc) is 2.29. The van der Waals surface area contributed by atoms with Gasteiger partial charge in [-0.1, -0.05) is 22.0 Å². The zero-order chi connectivity index (χ0) is 12.3. The third-order valence-electron chi connectivity index (χ3n) is 2.32. The van der Waals surface area contributed by atoms with Crippen LogP contribution in [-0.2, 0) is 6.54 Å². The summed E-state index contributed by atoms with van der Waals surface area (Å²) < 4.78 is 6.79. The molecule has 0 unspecified atom stereocenters. The first-order chi connectivity index (χ1) is 8.19. The normalized spacial score (nSPS) is 10.3. The zero-order valence-electron chi connectivity index (χ0n) is 9.48. The van der Waals surface area contributed by atoms with Crippen LogP contribution in [0.3, 0.4) is 0 Å². The van der Waals surface area contributed by atoms with Crippen molar-refractivity contribution in [3.63, 3.8) is 0 Å². The number of nitrogens with zero attached hydrogens (tertiary/aromatic N) is 1. The number of halogens is 1. The van der Waals surface area contributed by atoms with Gasteiger partial charge in [-0.25, -0.2) is 0 Å². The van der Waals surface area contributed by atoms with Gasteiger partial charge in [0.05, 0.1) is 0 Å². The maximum absolute atomic E-state index is 5.81. The lowest BCUT2D eigenvalue weighted by Gasteiger charge is -2.10. The van der Waals surface area contributed by atoms with Gasteiger partial charge < -0.3 is 10.5 Å². The van der Waals surface area contributed by atoms with Gasteiger partial charge >= 0.3 is 0 Å². The molecule has 0 amide bonds. The number of hydrogen-bond donors (Lipinski definition) is 1. The van der Waals surface area contributed by atoms with E-state index in [0.29, 0.717) is 6.54 Å². The summed E-state index contributed by atoms with van der Waals surface area (Å²) in [6.45, 7) is 2.34. The van der Waals surface area contributed by atoms with Gasteiger partial charge in [-0.2, -0.15) is 0 Å². The van der Waals surface area contributed by atoms with Crippen molar-refractivity contribution in [1.29, 1.82) is 0 Å². The first kappa shape index (κ1) is 12.1. The Morgan fingerprint density at radius 2 is 2.18 bits per heavy atom. The number of aryl methyl sites for hydroxylation is 1. The van der Waals surface area contributed by atoms with Crippen LogP contribution in [0.15, 0.2) is 41.0 Å². The number of benzene rings is 1. The average molecular weight is 293 g/mol. The highest BCUT2D eigenvalue weighted by atomic mass is 79.9. The molecule has 2 rings (SSSR count). The first-order valence-electron chi connectivity index (χ1n) is 5.28. The van der Waals surface area contributed by atoms with E-state index in [-0.39, 0.29) is 0 Å². The van der Waals surface area contributed by atoms with Gasteiger partial charge in [-0.05, 0) is 25.1 Å². The Labute approximate surface area is 109 Å². The van der Waals surface area contributed by atoms with Crippen molar-refractivity contribution >= 4 is 15.9 Å². The van der Waals surface area contributed by atoms with E-state index in [9.17, 15) is 0 Å². The van der Waals surface area contributed by atoms with Gasteiger partial charge in [0.25, 0.3) is 0 Å². The molecule has 17 heavy (non-hydrogen) atoms. The molecule has 3 nitrogen and oxygen atoms in total. The van der Waals surface area contributed by atoms with Crippen LogP contribution in [0.2, 0.25) is 0 Å². The second-order valence-electron chi connectivity index (χ2n) is 3.70. The van der Waals surface area contributed by atoms with Gasteiger partial charge in [-0.3, -0.25) is 4.98 Å². The third-order valence-corrected chi connectivity index (χ3v) is 2.82. The highest BCUT2D eigenvalue weighted by Gasteiger charge is 2.05. The number of nitrogens with two attached hydrogens (primary N) is 1. The van der Waals surface area contributed by atoms with Crippen molar-refractivity contribution in [3.8, 4) is 11.5 Å². The molecule has 0 atom stereocenters. The summed E-state index contributed by atoms with van der Waals surface area (Å²) in [5.74, 6) is 1.54. The molecule has 0 radical (unpaired) electrons. The first-order valence-corrected chi connectivity index (χ1v) is 6.07. The fraction of sp³-hybridized carbons (Fsp3) is 0.154. The number of pyridine rings is 1. The van der Waals surface area contributed by atoms with E-state index in [4.69, 9.17) is 10.5 Å². The van der Waals surface area contributed by atoms with Crippen LogP contribution in [0.5, 0.6) is 11.5 Å². The molecule has 0 saturated carbocycles. The summed E-state index contributed by atoms with van der Waals surface area (Å²) in [4.78, 5) is 4.20. The Morgan fingerprint density at radius 3 is 2.88 bits per heavy atom. The molecule has 4 heteroatoms. The molecule has 0 aliphatic heterocycles. The van der Waals surface area contributed by atoms with Crippen molar-refractivity contribution in [2.75, 3.05) is 0 Å². The van der Waals surface area contributed by atoms with E-state index in [0.717, 1.165) is 27.2 Å². The predicted molar refractivity (Wildman–Crippen MR) is 71.1 cm³/mol. The quantitative estimate of drug-likeness (QED) is 0.943. The maximum Gasteiger partial charge on any atom is 0.135 e. The summed E-state index contributed by atoms with van der Waals surface area (Å²) in [6.07, 6.45) is 1.75. The molecular formula is C13H13BrN2O. The van der Waals surface area contributed by atoms with E-state index < -0.39 is 0 Å². The molecule has 1 heterocycles. The Hall–Kier alpha value is -1.39. The van der Waals surface area contributed by atoms with E-state index >= 15 is 0 Å². The predicted octanol–water partition coefficient (Wildman–Crippen LogP) is 3.40. The molecule has 2 N–H and O–H groups in total. The fourth-order valence-electron chi connectivity index (χ4n) is 1.47. The lowest BCUT2D eigenvalue weighted by atomic mass is 10.2. The largest absolute Gasteiger partial charge is 0.457 e. The number of ether oxygens (including phenoxy) is 1. The van der Waals surface area contributed by atoms with Gasteiger partial charge in [0, 0.05) is 34.5 Å². The molecular weight excluding hydrogens is 280 g/mol. The van der Waals surface area contributed by atoms with Gasteiger partial charge in [-0.15, -0.1) is 0 Å². The lowest BCUT2D eigenvalue weighted by Crippen LogP contribution is -2.01. The molecule has 88 valence electrons. The summed E-state index contributed by atoms with van der Waals surface area (Å²) in [7, 11) is 0. The molecule has 1 aromatic heterocycles. The van der Waals surface area contributed by atoms with Crippen molar-refractivity contribution in [2.24, 2.45) is 5.73 Å². The highest BCUT2D eigenvalue weighted by Crippen LogP contribution is 2.27. The van der Waals surface area contributed by atoms with Crippen molar-refractivity contribution < 1.29 is 4.74 Å². The minimum Gasteiger partial charge on any atom is -0.457 e. The van der Waals surface area contributed by atoms with Crippen LogP contribution >= 0.6 is 15.9 Å². The SMILES string of the molecule is Cc1cc(Oc2cccc(Br)c2)c(CN)cn1. The summed E-state index contributed by atoms with van der Waals surface area (Å²) in [5, 5.41) is 0. The fourth-order valence-corrected chi connectivity index (χ4v) is 1.85. The van der Waals surface area contributed by atoms with Crippen LogP contribution in [0.25, 0.3) is 0 Å². The third kappa shape index (κ3) is 3.05. The Kier molecular flexibility index (Phi) is 3.76. The Bertz CT molecular complexity index is 529. The van der Waals surface area contributed by atoms with Crippen molar-refractivity contribution in [3.05, 3.63) is 52.3 Å².